The van der Waals surface area contributed by atoms with E-state index in [1.54, 1.807) is 13.8 Å². The summed E-state index contributed by atoms with van der Waals surface area (Å²) in [6.07, 6.45) is 0. The molecular weight excluding hydrogens is 296 g/mol. The summed E-state index contributed by atoms with van der Waals surface area (Å²) >= 11 is 0. The number of benzene rings is 3. The van der Waals surface area contributed by atoms with Crippen LogP contribution in [0.4, 0.5) is 0 Å². The molecule has 0 unspecified atom stereocenters. The fourth-order valence-electron chi connectivity index (χ4n) is 2.65. The molecule has 0 heterocycles. The Balaban J connectivity index is 1.84. The highest BCUT2D eigenvalue weighted by Crippen LogP contribution is 2.25. The molecule has 0 amide bonds. The average Bonchev–Trinajstić information content (AvgIpc) is 2.62. The maximum atomic E-state index is 11.3. The number of rotatable bonds is 4. The SMILES string of the molecule is CC(=O)c1ccc(-c2ccc(-c3ccc(C(C)=O)cc3)cc2)cc1. The second-order valence-corrected chi connectivity index (χ2v) is 5.84. The van der Waals surface area contributed by atoms with Crippen LogP contribution in [0.15, 0.2) is 72.8 Å². The number of carbonyl (C=O) groups is 2. The van der Waals surface area contributed by atoms with Crippen molar-refractivity contribution >= 4 is 11.6 Å². The number of Topliss-reactive ketones (excluding diaryl/α,β-unsaturated/α-hetero) is 2. The zero-order valence-electron chi connectivity index (χ0n) is 13.7. The Kier molecular flexibility index (Phi) is 4.39. The Labute approximate surface area is 141 Å². The highest BCUT2D eigenvalue weighted by Gasteiger charge is 2.04. The van der Waals surface area contributed by atoms with E-state index < -0.39 is 0 Å². The van der Waals surface area contributed by atoms with Crippen molar-refractivity contribution in [1.82, 2.24) is 0 Å². The van der Waals surface area contributed by atoms with Gasteiger partial charge in [0.1, 0.15) is 0 Å². The van der Waals surface area contributed by atoms with Crippen LogP contribution in [-0.4, -0.2) is 11.6 Å². The van der Waals surface area contributed by atoms with Crippen LogP contribution in [0.1, 0.15) is 34.6 Å². The topological polar surface area (TPSA) is 34.1 Å². The van der Waals surface area contributed by atoms with E-state index in [0.717, 1.165) is 33.4 Å². The van der Waals surface area contributed by atoms with Crippen molar-refractivity contribution in [3.63, 3.8) is 0 Å². The second-order valence-electron chi connectivity index (χ2n) is 5.84. The molecule has 3 aromatic rings. The van der Waals surface area contributed by atoms with Crippen molar-refractivity contribution < 1.29 is 9.59 Å². The molecule has 24 heavy (non-hydrogen) atoms. The fraction of sp³-hybridized carbons (Fsp3) is 0.0909. The lowest BCUT2D eigenvalue weighted by molar-refractivity contribution is 0.100. The van der Waals surface area contributed by atoms with Crippen LogP contribution in [0, 0.1) is 0 Å². The smallest absolute Gasteiger partial charge is 0.159 e. The van der Waals surface area contributed by atoms with Crippen LogP contribution < -0.4 is 0 Å². The number of carbonyl (C=O) groups excluding carboxylic acids is 2. The molecule has 0 aliphatic heterocycles. The molecular formula is C22H18O2. The van der Waals surface area contributed by atoms with Gasteiger partial charge in [0.05, 0.1) is 0 Å². The van der Waals surface area contributed by atoms with E-state index in [9.17, 15) is 9.59 Å². The minimum Gasteiger partial charge on any atom is -0.295 e. The molecule has 0 fully saturated rings. The zero-order valence-corrected chi connectivity index (χ0v) is 13.7. The summed E-state index contributed by atoms with van der Waals surface area (Å²) in [5.41, 5.74) is 5.82. The molecule has 3 rings (SSSR count). The molecule has 2 heteroatoms. The monoisotopic (exact) mass is 314 g/mol. The lowest BCUT2D eigenvalue weighted by Crippen LogP contribution is -1.91. The van der Waals surface area contributed by atoms with Gasteiger partial charge in [-0.05, 0) is 36.1 Å². The normalized spacial score (nSPS) is 10.4. The fourth-order valence-corrected chi connectivity index (χ4v) is 2.65. The molecule has 118 valence electrons. The van der Waals surface area contributed by atoms with Crippen LogP contribution >= 0.6 is 0 Å². The predicted molar refractivity (Wildman–Crippen MR) is 97.3 cm³/mol. The first-order valence-corrected chi connectivity index (χ1v) is 7.87. The van der Waals surface area contributed by atoms with Crippen LogP contribution in [0.5, 0.6) is 0 Å². The number of hydrogen-bond acceptors (Lipinski definition) is 2. The lowest BCUT2D eigenvalue weighted by atomic mass is 9.98. The van der Waals surface area contributed by atoms with Gasteiger partial charge in [0.25, 0.3) is 0 Å². The van der Waals surface area contributed by atoms with E-state index in [1.807, 2.05) is 48.5 Å². The van der Waals surface area contributed by atoms with Crippen molar-refractivity contribution in [2.45, 2.75) is 13.8 Å². The van der Waals surface area contributed by atoms with E-state index in [4.69, 9.17) is 0 Å². The maximum absolute atomic E-state index is 11.3. The molecule has 0 radical (unpaired) electrons. The first-order chi connectivity index (χ1) is 11.5. The van der Waals surface area contributed by atoms with Crippen LogP contribution in [0.2, 0.25) is 0 Å². The number of hydrogen-bond donors (Lipinski definition) is 0. The quantitative estimate of drug-likeness (QED) is 0.602. The van der Waals surface area contributed by atoms with Crippen molar-refractivity contribution in [3.8, 4) is 22.3 Å². The van der Waals surface area contributed by atoms with Gasteiger partial charge in [-0.15, -0.1) is 0 Å². The van der Waals surface area contributed by atoms with Crippen LogP contribution in [0.25, 0.3) is 22.3 Å². The molecule has 0 N–H and O–H groups in total. The summed E-state index contributed by atoms with van der Waals surface area (Å²) in [7, 11) is 0. The van der Waals surface area contributed by atoms with Crippen molar-refractivity contribution in [3.05, 3.63) is 83.9 Å². The van der Waals surface area contributed by atoms with Gasteiger partial charge in [-0.3, -0.25) is 9.59 Å². The molecule has 0 aromatic heterocycles. The molecule has 0 saturated carbocycles. The van der Waals surface area contributed by atoms with Crippen molar-refractivity contribution in [1.29, 1.82) is 0 Å². The third kappa shape index (κ3) is 3.33. The van der Waals surface area contributed by atoms with Gasteiger partial charge >= 0.3 is 0 Å². The third-order valence-electron chi connectivity index (χ3n) is 4.13. The Morgan fingerprint density at radius 3 is 0.875 bits per heavy atom. The third-order valence-corrected chi connectivity index (χ3v) is 4.13. The molecule has 2 nitrogen and oxygen atoms in total. The molecule has 0 saturated heterocycles. The Hall–Kier alpha value is -3.00. The van der Waals surface area contributed by atoms with Crippen molar-refractivity contribution in [2.24, 2.45) is 0 Å². The number of ketones is 2. The largest absolute Gasteiger partial charge is 0.295 e. The van der Waals surface area contributed by atoms with Gasteiger partial charge in [0, 0.05) is 11.1 Å². The van der Waals surface area contributed by atoms with E-state index in [0.29, 0.717) is 0 Å². The molecule has 0 spiro atoms. The van der Waals surface area contributed by atoms with Gasteiger partial charge in [-0.2, -0.15) is 0 Å². The summed E-state index contributed by atoms with van der Waals surface area (Å²) in [4.78, 5) is 22.7. The standard InChI is InChI=1S/C22H18O2/c1-15(23)17-3-7-19(8-4-17)21-11-13-22(14-12-21)20-9-5-18(6-10-20)16(2)24/h3-14H,1-2H3. The average molecular weight is 314 g/mol. The minimum absolute atomic E-state index is 0.0749. The van der Waals surface area contributed by atoms with Gasteiger partial charge in [-0.1, -0.05) is 72.8 Å². The second kappa shape index (κ2) is 6.63. The zero-order chi connectivity index (χ0) is 17.1. The summed E-state index contributed by atoms with van der Waals surface area (Å²) in [5.74, 6) is 0.150. The van der Waals surface area contributed by atoms with Gasteiger partial charge in [-0.25, -0.2) is 0 Å². The van der Waals surface area contributed by atoms with Crippen molar-refractivity contribution in [2.75, 3.05) is 0 Å². The van der Waals surface area contributed by atoms with Gasteiger partial charge in [0.15, 0.2) is 11.6 Å². The molecule has 0 atom stereocenters. The Morgan fingerprint density at radius 2 is 0.667 bits per heavy atom. The minimum atomic E-state index is 0.0749. The Morgan fingerprint density at radius 1 is 0.458 bits per heavy atom. The summed E-state index contributed by atoms with van der Waals surface area (Å²) in [6, 6.07) is 23.5. The summed E-state index contributed by atoms with van der Waals surface area (Å²) in [6.45, 7) is 3.14. The molecule has 0 bridgehead atoms. The first kappa shape index (κ1) is 15.9. The highest BCUT2D eigenvalue weighted by molar-refractivity contribution is 5.95. The Bertz CT molecular complexity index is 794. The lowest BCUT2D eigenvalue weighted by Gasteiger charge is -2.06. The summed E-state index contributed by atoms with van der Waals surface area (Å²) < 4.78 is 0. The molecule has 3 aromatic carbocycles. The van der Waals surface area contributed by atoms with Crippen LogP contribution in [-0.2, 0) is 0 Å². The van der Waals surface area contributed by atoms with Gasteiger partial charge in [0.2, 0.25) is 0 Å². The van der Waals surface area contributed by atoms with Crippen LogP contribution in [0.3, 0.4) is 0 Å². The van der Waals surface area contributed by atoms with E-state index >= 15 is 0 Å². The molecule has 0 aliphatic carbocycles. The van der Waals surface area contributed by atoms with E-state index in [-0.39, 0.29) is 11.6 Å². The van der Waals surface area contributed by atoms with E-state index in [1.165, 1.54) is 0 Å². The van der Waals surface area contributed by atoms with Gasteiger partial charge < -0.3 is 0 Å². The predicted octanol–water partition coefficient (Wildman–Crippen LogP) is 5.43. The summed E-state index contributed by atoms with van der Waals surface area (Å²) in [5, 5.41) is 0. The molecule has 0 aliphatic rings. The van der Waals surface area contributed by atoms with E-state index in [2.05, 4.69) is 24.3 Å². The first-order valence-electron chi connectivity index (χ1n) is 7.87. The highest BCUT2D eigenvalue weighted by atomic mass is 16.1. The maximum Gasteiger partial charge on any atom is 0.159 e.